The van der Waals surface area contributed by atoms with E-state index in [1.54, 1.807) is 42.5 Å². The van der Waals surface area contributed by atoms with E-state index >= 15 is 0 Å². The SMILES string of the molecule is Cc1ccc(NC(=O)/C(C#N)=C/c2ccc(-c3ccc(C(=O)O)cc3)o2)cc1Cl. The highest BCUT2D eigenvalue weighted by atomic mass is 35.5. The number of hydrogen-bond donors (Lipinski definition) is 2. The highest BCUT2D eigenvalue weighted by Gasteiger charge is 2.12. The van der Waals surface area contributed by atoms with Gasteiger partial charge in [-0.2, -0.15) is 5.26 Å². The summed E-state index contributed by atoms with van der Waals surface area (Å²) in [6.45, 7) is 1.85. The van der Waals surface area contributed by atoms with Gasteiger partial charge in [0, 0.05) is 22.3 Å². The maximum Gasteiger partial charge on any atom is 0.335 e. The number of aryl methyl sites for hydroxylation is 1. The van der Waals surface area contributed by atoms with Crippen LogP contribution in [0.2, 0.25) is 5.02 Å². The molecule has 0 saturated carbocycles. The Balaban J connectivity index is 1.78. The molecule has 1 heterocycles. The minimum Gasteiger partial charge on any atom is -0.478 e. The van der Waals surface area contributed by atoms with E-state index in [1.165, 1.54) is 18.2 Å². The first-order valence-corrected chi connectivity index (χ1v) is 8.88. The maximum absolute atomic E-state index is 12.4. The molecule has 0 bridgehead atoms. The van der Waals surface area contributed by atoms with Crippen molar-refractivity contribution in [3.8, 4) is 17.4 Å². The molecular weight excluding hydrogens is 392 g/mol. The van der Waals surface area contributed by atoms with Crippen molar-refractivity contribution in [3.63, 3.8) is 0 Å². The Hall–Kier alpha value is -3.82. The number of halogens is 1. The Labute approximate surface area is 171 Å². The molecule has 0 aliphatic heterocycles. The quantitative estimate of drug-likeness (QED) is 0.450. The molecule has 0 aliphatic rings. The van der Waals surface area contributed by atoms with Crippen molar-refractivity contribution in [2.45, 2.75) is 6.92 Å². The van der Waals surface area contributed by atoms with Crippen LogP contribution >= 0.6 is 11.6 Å². The number of nitrogens with zero attached hydrogens (tertiary/aromatic N) is 1. The van der Waals surface area contributed by atoms with Gasteiger partial charge in [-0.15, -0.1) is 0 Å². The molecule has 2 aromatic carbocycles. The number of carbonyl (C=O) groups excluding carboxylic acids is 1. The summed E-state index contributed by atoms with van der Waals surface area (Å²) >= 11 is 6.05. The lowest BCUT2D eigenvalue weighted by molar-refractivity contribution is -0.112. The van der Waals surface area contributed by atoms with Crippen molar-refractivity contribution in [1.82, 2.24) is 0 Å². The van der Waals surface area contributed by atoms with Crippen LogP contribution in [-0.4, -0.2) is 17.0 Å². The van der Waals surface area contributed by atoms with E-state index in [0.29, 0.717) is 27.8 Å². The second-order valence-electron chi connectivity index (χ2n) is 6.17. The Morgan fingerprint density at radius 1 is 1.14 bits per heavy atom. The summed E-state index contributed by atoms with van der Waals surface area (Å²) in [5.41, 5.74) is 2.06. The van der Waals surface area contributed by atoms with Gasteiger partial charge in [0.2, 0.25) is 0 Å². The van der Waals surface area contributed by atoms with Crippen molar-refractivity contribution < 1.29 is 19.1 Å². The second kappa shape index (κ2) is 8.46. The predicted molar refractivity (Wildman–Crippen MR) is 110 cm³/mol. The molecule has 0 aliphatic carbocycles. The molecule has 0 fully saturated rings. The first-order valence-electron chi connectivity index (χ1n) is 8.50. The summed E-state index contributed by atoms with van der Waals surface area (Å²) < 4.78 is 5.66. The molecule has 0 atom stereocenters. The average molecular weight is 407 g/mol. The van der Waals surface area contributed by atoms with E-state index in [-0.39, 0.29) is 11.1 Å². The number of hydrogen-bond acceptors (Lipinski definition) is 4. The van der Waals surface area contributed by atoms with Crippen LogP contribution in [0.15, 0.2) is 64.6 Å². The minimum atomic E-state index is -1.01. The van der Waals surface area contributed by atoms with Crippen LogP contribution in [0, 0.1) is 18.3 Å². The van der Waals surface area contributed by atoms with Gasteiger partial charge in [0.15, 0.2) is 0 Å². The fraction of sp³-hybridized carbons (Fsp3) is 0.0455. The Morgan fingerprint density at radius 3 is 2.48 bits per heavy atom. The zero-order valence-corrected chi connectivity index (χ0v) is 16.0. The number of carboxylic acids is 1. The number of anilines is 1. The molecule has 0 saturated heterocycles. The molecule has 3 aromatic rings. The van der Waals surface area contributed by atoms with Crippen LogP contribution in [0.5, 0.6) is 0 Å². The highest BCUT2D eigenvalue weighted by molar-refractivity contribution is 6.31. The van der Waals surface area contributed by atoms with Gasteiger partial charge in [0.05, 0.1) is 5.56 Å². The van der Waals surface area contributed by atoms with Crippen LogP contribution in [0.3, 0.4) is 0 Å². The lowest BCUT2D eigenvalue weighted by Gasteiger charge is -2.06. The molecule has 144 valence electrons. The number of carbonyl (C=O) groups is 2. The van der Waals surface area contributed by atoms with E-state index in [9.17, 15) is 14.9 Å². The number of amides is 1. The summed E-state index contributed by atoms with van der Waals surface area (Å²) in [6, 6.07) is 16.4. The van der Waals surface area contributed by atoms with Gasteiger partial charge < -0.3 is 14.8 Å². The first-order chi connectivity index (χ1) is 13.9. The molecule has 7 heteroatoms. The van der Waals surface area contributed by atoms with Crippen molar-refractivity contribution in [3.05, 3.63) is 82.1 Å². The molecule has 2 N–H and O–H groups in total. The van der Waals surface area contributed by atoms with Gasteiger partial charge in [-0.3, -0.25) is 4.79 Å². The molecule has 0 radical (unpaired) electrons. The number of benzene rings is 2. The molecule has 3 rings (SSSR count). The molecule has 0 spiro atoms. The summed E-state index contributed by atoms with van der Waals surface area (Å²) in [4.78, 5) is 23.3. The lowest BCUT2D eigenvalue weighted by atomic mass is 10.1. The van der Waals surface area contributed by atoms with E-state index < -0.39 is 11.9 Å². The van der Waals surface area contributed by atoms with Gasteiger partial charge in [0.1, 0.15) is 23.2 Å². The molecule has 1 aromatic heterocycles. The van der Waals surface area contributed by atoms with E-state index in [1.807, 2.05) is 13.0 Å². The fourth-order valence-corrected chi connectivity index (χ4v) is 2.70. The number of carboxylic acid groups (broad SMARTS) is 1. The normalized spacial score (nSPS) is 11.0. The van der Waals surface area contributed by atoms with Gasteiger partial charge in [-0.25, -0.2) is 4.79 Å². The smallest absolute Gasteiger partial charge is 0.335 e. The number of furan rings is 1. The maximum atomic E-state index is 12.4. The summed E-state index contributed by atoms with van der Waals surface area (Å²) in [6.07, 6.45) is 1.33. The van der Waals surface area contributed by atoms with Gasteiger partial charge in [0.25, 0.3) is 5.91 Å². The van der Waals surface area contributed by atoms with Crippen LogP contribution in [-0.2, 0) is 4.79 Å². The van der Waals surface area contributed by atoms with Crippen LogP contribution in [0.1, 0.15) is 21.7 Å². The van der Waals surface area contributed by atoms with Crippen LogP contribution < -0.4 is 5.32 Å². The van der Waals surface area contributed by atoms with E-state index in [2.05, 4.69) is 5.32 Å². The van der Waals surface area contributed by atoms with Crippen molar-refractivity contribution >= 4 is 35.2 Å². The zero-order valence-electron chi connectivity index (χ0n) is 15.3. The third-order valence-corrected chi connectivity index (χ3v) is 4.53. The monoisotopic (exact) mass is 406 g/mol. The Morgan fingerprint density at radius 2 is 1.86 bits per heavy atom. The number of rotatable bonds is 5. The number of nitriles is 1. The molecule has 29 heavy (non-hydrogen) atoms. The van der Waals surface area contributed by atoms with Crippen molar-refractivity contribution in [1.29, 1.82) is 5.26 Å². The number of nitrogens with one attached hydrogen (secondary N) is 1. The van der Waals surface area contributed by atoms with E-state index in [4.69, 9.17) is 21.1 Å². The van der Waals surface area contributed by atoms with Gasteiger partial charge in [-0.1, -0.05) is 29.8 Å². The second-order valence-corrected chi connectivity index (χ2v) is 6.58. The van der Waals surface area contributed by atoms with Crippen LogP contribution in [0.4, 0.5) is 5.69 Å². The third kappa shape index (κ3) is 4.72. The Kier molecular flexibility index (Phi) is 5.82. The molecule has 0 unspecified atom stereocenters. The van der Waals surface area contributed by atoms with Gasteiger partial charge >= 0.3 is 5.97 Å². The third-order valence-electron chi connectivity index (χ3n) is 4.12. The first kappa shape index (κ1) is 19.9. The number of aromatic carboxylic acids is 1. The summed E-state index contributed by atoms with van der Waals surface area (Å²) in [5.74, 6) is -0.803. The van der Waals surface area contributed by atoms with E-state index in [0.717, 1.165) is 5.56 Å². The fourth-order valence-electron chi connectivity index (χ4n) is 2.52. The van der Waals surface area contributed by atoms with Crippen molar-refractivity contribution in [2.75, 3.05) is 5.32 Å². The summed E-state index contributed by atoms with van der Waals surface area (Å²) in [7, 11) is 0. The summed E-state index contributed by atoms with van der Waals surface area (Å²) in [5, 5.41) is 21.4. The average Bonchev–Trinajstić information content (AvgIpc) is 3.17. The standard InChI is InChI=1S/C22H15ClN2O4/c1-13-2-7-17(11-19(13)23)25-21(26)16(12-24)10-18-8-9-20(29-18)14-3-5-15(6-4-14)22(27)28/h2-11H,1H3,(H,25,26)(H,27,28)/b16-10+. The largest absolute Gasteiger partial charge is 0.478 e. The van der Waals surface area contributed by atoms with Gasteiger partial charge in [-0.05, 0) is 48.9 Å². The highest BCUT2D eigenvalue weighted by Crippen LogP contribution is 2.24. The lowest BCUT2D eigenvalue weighted by Crippen LogP contribution is -2.13. The molecular formula is C22H15ClN2O4. The topological polar surface area (TPSA) is 103 Å². The minimum absolute atomic E-state index is 0.135. The zero-order chi connectivity index (χ0) is 21.0. The Bertz CT molecular complexity index is 1150. The van der Waals surface area contributed by atoms with Crippen molar-refractivity contribution in [2.24, 2.45) is 0 Å². The predicted octanol–water partition coefficient (Wildman–Crippen LogP) is 5.15. The molecule has 1 amide bonds. The van der Waals surface area contributed by atoms with Crippen LogP contribution in [0.25, 0.3) is 17.4 Å². The molecule has 6 nitrogen and oxygen atoms in total.